The first-order chi connectivity index (χ1) is 14.0. The van der Waals surface area contributed by atoms with Crippen LogP contribution in [-0.2, 0) is 4.79 Å². The Morgan fingerprint density at radius 2 is 1.90 bits per heavy atom. The van der Waals surface area contributed by atoms with E-state index in [-0.39, 0.29) is 5.91 Å². The summed E-state index contributed by atoms with van der Waals surface area (Å²) >= 11 is 12.7. The Morgan fingerprint density at radius 3 is 2.62 bits per heavy atom. The van der Waals surface area contributed by atoms with Gasteiger partial charge in [-0.1, -0.05) is 59.4 Å². The molecular weight excluding hydrogens is 426 g/mol. The molecule has 0 unspecified atom stereocenters. The fraction of sp³-hybridized carbons (Fsp3) is 0.182. The van der Waals surface area contributed by atoms with Gasteiger partial charge in [0.1, 0.15) is 29.0 Å². The molecule has 0 aliphatic carbocycles. The van der Waals surface area contributed by atoms with Crippen LogP contribution < -0.4 is 9.47 Å². The molecule has 150 valence electrons. The Kier molecular flexibility index (Phi) is 7.36. The quantitative estimate of drug-likeness (QED) is 0.232. The SMILES string of the molecule is C=CCN1C(=O)/C(=C\c2cc(Cl)ccc2OCCOc2ccc(C)cc2)SC1=S. The zero-order chi connectivity index (χ0) is 20.8. The number of carbonyl (C=O) groups excluding carboxylic acids is 1. The van der Waals surface area contributed by atoms with Gasteiger partial charge in [0, 0.05) is 17.1 Å². The molecule has 0 saturated carbocycles. The van der Waals surface area contributed by atoms with Gasteiger partial charge in [-0.2, -0.15) is 0 Å². The number of thiocarbonyl (C=S) groups is 1. The van der Waals surface area contributed by atoms with E-state index in [1.54, 1.807) is 30.4 Å². The van der Waals surface area contributed by atoms with Crippen LogP contribution in [0.25, 0.3) is 6.08 Å². The Morgan fingerprint density at radius 1 is 1.17 bits per heavy atom. The molecular formula is C22H20ClNO3S2. The van der Waals surface area contributed by atoms with Crippen molar-refractivity contribution in [3.63, 3.8) is 0 Å². The third-order valence-corrected chi connectivity index (χ3v) is 5.69. The van der Waals surface area contributed by atoms with Gasteiger partial charge in [0.2, 0.25) is 0 Å². The number of rotatable bonds is 8. The molecule has 0 N–H and O–H groups in total. The molecule has 0 radical (unpaired) electrons. The van der Waals surface area contributed by atoms with Crippen molar-refractivity contribution in [3.8, 4) is 11.5 Å². The Balaban J connectivity index is 1.68. The lowest BCUT2D eigenvalue weighted by Gasteiger charge is -2.12. The fourth-order valence-electron chi connectivity index (χ4n) is 2.64. The number of hydrogen-bond acceptors (Lipinski definition) is 5. The lowest BCUT2D eigenvalue weighted by Crippen LogP contribution is -2.27. The average molecular weight is 446 g/mol. The van der Waals surface area contributed by atoms with E-state index in [9.17, 15) is 4.79 Å². The molecule has 3 rings (SSSR count). The van der Waals surface area contributed by atoms with Gasteiger partial charge in [0.15, 0.2) is 0 Å². The average Bonchev–Trinajstić information content (AvgIpc) is 2.96. The topological polar surface area (TPSA) is 38.8 Å². The fourth-order valence-corrected chi connectivity index (χ4v) is 4.08. The Hall–Kier alpha value is -2.28. The van der Waals surface area contributed by atoms with Gasteiger partial charge in [-0.15, -0.1) is 6.58 Å². The third-order valence-electron chi connectivity index (χ3n) is 4.07. The summed E-state index contributed by atoms with van der Waals surface area (Å²) in [5.41, 5.74) is 1.89. The summed E-state index contributed by atoms with van der Waals surface area (Å²) in [6.45, 7) is 6.83. The zero-order valence-electron chi connectivity index (χ0n) is 15.9. The molecule has 29 heavy (non-hydrogen) atoms. The van der Waals surface area contributed by atoms with Gasteiger partial charge in [0.25, 0.3) is 5.91 Å². The van der Waals surface area contributed by atoms with Crippen molar-refractivity contribution in [1.29, 1.82) is 0 Å². The number of halogens is 1. The smallest absolute Gasteiger partial charge is 0.266 e. The molecule has 2 aromatic carbocycles. The standard InChI is InChI=1S/C22H20ClNO3S2/c1-3-10-24-21(25)20(29-22(24)28)14-16-13-17(23)6-9-19(16)27-12-11-26-18-7-4-15(2)5-8-18/h3-9,13-14H,1,10-12H2,2H3/b20-14+. The number of aryl methyl sites for hydroxylation is 1. The summed E-state index contributed by atoms with van der Waals surface area (Å²) in [4.78, 5) is 14.6. The van der Waals surface area contributed by atoms with E-state index in [4.69, 9.17) is 33.3 Å². The molecule has 0 bridgehead atoms. The van der Waals surface area contributed by atoms with E-state index in [1.807, 2.05) is 31.2 Å². The van der Waals surface area contributed by atoms with Crippen LogP contribution in [0.3, 0.4) is 0 Å². The Bertz CT molecular complexity index is 957. The van der Waals surface area contributed by atoms with Crippen LogP contribution in [0.15, 0.2) is 60.0 Å². The summed E-state index contributed by atoms with van der Waals surface area (Å²) in [6.07, 6.45) is 3.40. The molecule has 1 aliphatic rings. The van der Waals surface area contributed by atoms with Crippen molar-refractivity contribution < 1.29 is 14.3 Å². The Labute approximate surface area is 185 Å². The first kappa shape index (κ1) is 21.4. The van der Waals surface area contributed by atoms with Crippen LogP contribution in [0.5, 0.6) is 11.5 Å². The highest BCUT2D eigenvalue weighted by Crippen LogP contribution is 2.35. The van der Waals surface area contributed by atoms with Gasteiger partial charge >= 0.3 is 0 Å². The molecule has 7 heteroatoms. The minimum absolute atomic E-state index is 0.145. The molecule has 0 aromatic heterocycles. The van der Waals surface area contributed by atoms with E-state index >= 15 is 0 Å². The van der Waals surface area contributed by atoms with E-state index in [0.717, 1.165) is 5.75 Å². The van der Waals surface area contributed by atoms with Gasteiger partial charge in [0.05, 0.1) is 4.91 Å². The summed E-state index contributed by atoms with van der Waals surface area (Å²) in [7, 11) is 0. The maximum absolute atomic E-state index is 12.6. The molecule has 1 heterocycles. The van der Waals surface area contributed by atoms with Gasteiger partial charge in [-0.25, -0.2) is 0 Å². The van der Waals surface area contributed by atoms with E-state index < -0.39 is 0 Å². The second-order valence-corrected chi connectivity index (χ2v) is 8.39. The number of hydrogen-bond donors (Lipinski definition) is 0. The highest BCUT2D eigenvalue weighted by Gasteiger charge is 2.31. The summed E-state index contributed by atoms with van der Waals surface area (Å²) in [5.74, 6) is 1.27. The van der Waals surface area contributed by atoms with Crippen LogP contribution in [-0.4, -0.2) is 34.9 Å². The molecule has 4 nitrogen and oxygen atoms in total. The lowest BCUT2D eigenvalue weighted by molar-refractivity contribution is -0.121. The number of benzene rings is 2. The maximum atomic E-state index is 12.6. The lowest BCUT2D eigenvalue weighted by atomic mass is 10.2. The predicted molar refractivity (Wildman–Crippen MR) is 124 cm³/mol. The van der Waals surface area contributed by atoms with Crippen molar-refractivity contribution in [2.24, 2.45) is 0 Å². The van der Waals surface area contributed by atoms with Crippen molar-refractivity contribution in [2.75, 3.05) is 19.8 Å². The molecule has 1 aliphatic heterocycles. The first-order valence-corrected chi connectivity index (χ1v) is 10.6. The van der Waals surface area contributed by atoms with E-state index in [0.29, 0.717) is 45.3 Å². The van der Waals surface area contributed by atoms with Crippen LogP contribution in [0.1, 0.15) is 11.1 Å². The second kappa shape index (κ2) is 9.96. The van der Waals surface area contributed by atoms with Gasteiger partial charge < -0.3 is 9.47 Å². The van der Waals surface area contributed by atoms with Gasteiger partial charge in [-0.3, -0.25) is 9.69 Å². The largest absolute Gasteiger partial charge is 0.490 e. The minimum Gasteiger partial charge on any atom is -0.490 e. The minimum atomic E-state index is -0.145. The molecule has 1 fully saturated rings. The number of amides is 1. The highest BCUT2D eigenvalue weighted by atomic mass is 35.5. The van der Waals surface area contributed by atoms with Crippen molar-refractivity contribution in [3.05, 3.63) is 76.2 Å². The zero-order valence-corrected chi connectivity index (χ0v) is 18.3. The van der Waals surface area contributed by atoms with Crippen molar-refractivity contribution in [1.82, 2.24) is 4.90 Å². The monoisotopic (exact) mass is 445 g/mol. The van der Waals surface area contributed by atoms with Crippen molar-refractivity contribution >= 4 is 51.9 Å². The molecule has 2 aromatic rings. The predicted octanol–water partition coefficient (Wildman–Crippen LogP) is 5.49. The maximum Gasteiger partial charge on any atom is 0.266 e. The molecule has 0 atom stereocenters. The number of carbonyl (C=O) groups is 1. The highest BCUT2D eigenvalue weighted by molar-refractivity contribution is 8.26. The number of ether oxygens (including phenoxy) is 2. The summed E-state index contributed by atoms with van der Waals surface area (Å²) in [5, 5.41) is 0.557. The van der Waals surface area contributed by atoms with E-state index in [2.05, 4.69) is 6.58 Å². The normalized spacial score (nSPS) is 15.1. The molecule has 1 saturated heterocycles. The summed E-state index contributed by atoms with van der Waals surface area (Å²) in [6, 6.07) is 13.1. The molecule has 1 amide bonds. The summed E-state index contributed by atoms with van der Waals surface area (Å²) < 4.78 is 12.1. The second-order valence-electron chi connectivity index (χ2n) is 6.27. The van der Waals surface area contributed by atoms with Crippen LogP contribution in [0.4, 0.5) is 0 Å². The molecule has 0 spiro atoms. The van der Waals surface area contributed by atoms with Gasteiger partial charge in [-0.05, 0) is 43.3 Å². The van der Waals surface area contributed by atoms with Crippen LogP contribution in [0, 0.1) is 6.92 Å². The first-order valence-electron chi connectivity index (χ1n) is 8.96. The van der Waals surface area contributed by atoms with E-state index in [1.165, 1.54) is 22.2 Å². The number of nitrogens with zero attached hydrogens (tertiary/aromatic N) is 1. The van der Waals surface area contributed by atoms with Crippen LogP contribution >= 0.6 is 35.6 Å². The van der Waals surface area contributed by atoms with Crippen LogP contribution in [0.2, 0.25) is 5.02 Å². The third kappa shape index (κ3) is 5.63. The van der Waals surface area contributed by atoms with Crippen molar-refractivity contribution in [2.45, 2.75) is 6.92 Å². The number of thioether (sulfide) groups is 1.